The molecule has 1 saturated carbocycles. The first kappa shape index (κ1) is 13.9. The van der Waals surface area contributed by atoms with E-state index in [2.05, 4.69) is 10.6 Å². The second-order valence-corrected chi connectivity index (χ2v) is 5.48. The Morgan fingerprint density at radius 1 is 1.48 bits per heavy atom. The molecule has 1 atom stereocenters. The zero-order valence-corrected chi connectivity index (χ0v) is 12.3. The number of furan rings is 1. The Bertz CT molecular complexity index is 646. The standard InChI is InChI=1S/C16H20N2O3/c1-10(16(19)18-12-6-7-12)17-9-13-8-11-4-3-5-14(20-2)15(11)21-13/h3-5,8,10,12,17H,6-7,9H2,1-2H3,(H,18,19). The van der Waals surface area contributed by atoms with Crippen molar-refractivity contribution in [3.63, 3.8) is 0 Å². The largest absolute Gasteiger partial charge is 0.493 e. The number of ether oxygens (including phenoxy) is 1. The van der Waals surface area contributed by atoms with Gasteiger partial charge in [0.1, 0.15) is 5.76 Å². The summed E-state index contributed by atoms with van der Waals surface area (Å²) >= 11 is 0. The number of nitrogens with one attached hydrogen (secondary N) is 2. The summed E-state index contributed by atoms with van der Waals surface area (Å²) in [6.45, 7) is 2.37. The molecule has 0 radical (unpaired) electrons. The SMILES string of the molecule is COc1cccc2cc(CNC(C)C(=O)NC3CC3)oc12. The van der Waals surface area contributed by atoms with Crippen molar-refractivity contribution in [3.8, 4) is 5.75 Å². The lowest BCUT2D eigenvalue weighted by Gasteiger charge is -2.12. The highest BCUT2D eigenvalue weighted by molar-refractivity contribution is 5.84. The predicted molar refractivity (Wildman–Crippen MR) is 80.2 cm³/mol. The number of rotatable bonds is 6. The predicted octanol–water partition coefficient (Wildman–Crippen LogP) is 2.20. The molecule has 0 aliphatic heterocycles. The average Bonchev–Trinajstić information content (AvgIpc) is 3.19. The lowest BCUT2D eigenvalue weighted by Crippen LogP contribution is -2.42. The smallest absolute Gasteiger partial charge is 0.237 e. The molecule has 2 N–H and O–H groups in total. The summed E-state index contributed by atoms with van der Waals surface area (Å²) in [6, 6.07) is 7.90. The zero-order valence-electron chi connectivity index (χ0n) is 12.3. The molecule has 3 rings (SSSR count). The van der Waals surface area contributed by atoms with Crippen LogP contribution >= 0.6 is 0 Å². The molecule has 0 saturated heterocycles. The highest BCUT2D eigenvalue weighted by Crippen LogP contribution is 2.28. The van der Waals surface area contributed by atoms with Crippen LogP contribution in [-0.2, 0) is 11.3 Å². The minimum atomic E-state index is -0.235. The van der Waals surface area contributed by atoms with Gasteiger partial charge in [0.15, 0.2) is 11.3 Å². The normalized spacial score (nSPS) is 15.9. The molecule has 1 fully saturated rings. The molecule has 112 valence electrons. The van der Waals surface area contributed by atoms with Crippen molar-refractivity contribution in [2.24, 2.45) is 0 Å². The lowest BCUT2D eigenvalue weighted by atomic mass is 10.2. The summed E-state index contributed by atoms with van der Waals surface area (Å²) in [4.78, 5) is 11.9. The van der Waals surface area contributed by atoms with Gasteiger partial charge in [-0.25, -0.2) is 0 Å². The fraction of sp³-hybridized carbons (Fsp3) is 0.438. The number of carbonyl (C=O) groups is 1. The Labute approximate surface area is 123 Å². The van der Waals surface area contributed by atoms with Crippen molar-refractivity contribution in [2.45, 2.75) is 38.4 Å². The number of hydrogen-bond acceptors (Lipinski definition) is 4. The third kappa shape index (κ3) is 3.19. The highest BCUT2D eigenvalue weighted by Gasteiger charge is 2.25. The molecular formula is C16H20N2O3. The molecule has 1 aliphatic rings. The lowest BCUT2D eigenvalue weighted by molar-refractivity contribution is -0.122. The summed E-state index contributed by atoms with van der Waals surface area (Å²) in [7, 11) is 1.62. The summed E-state index contributed by atoms with van der Waals surface area (Å²) in [6.07, 6.45) is 2.20. The van der Waals surface area contributed by atoms with Crippen molar-refractivity contribution in [1.29, 1.82) is 0 Å². The van der Waals surface area contributed by atoms with E-state index in [4.69, 9.17) is 9.15 Å². The number of carbonyl (C=O) groups excluding carboxylic acids is 1. The van der Waals surface area contributed by atoms with Gasteiger partial charge in [0.2, 0.25) is 5.91 Å². The number of methoxy groups -OCH3 is 1. The molecular weight excluding hydrogens is 268 g/mol. The van der Waals surface area contributed by atoms with Gasteiger partial charge in [0.05, 0.1) is 19.7 Å². The van der Waals surface area contributed by atoms with Gasteiger partial charge in [0, 0.05) is 11.4 Å². The van der Waals surface area contributed by atoms with Gasteiger partial charge in [-0.15, -0.1) is 0 Å². The fourth-order valence-corrected chi connectivity index (χ4v) is 2.24. The zero-order chi connectivity index (χ0) is 14.8. The monoisotopic (exact) mass is 288 g/mol. The maximum Gasteiger partial charge on any atom is 0.237 e. The van der Waals surface area contributed by atoms with E-state index in [0.29, 0.717) is 12.6 Å². The van der Waals surface area contributed by atoms with Crippen LogP contribution in [0.2, 0.25) is 0 Å². The molecule has 1 aliphatic carbocycles. The topological polar surface area (TPSA) is 63.5 Å². The summed E-state index contributed by atoms with van der Waals surface area (Å²) in [5.41, 5.74) is 0.742. The Morgan fingerprint density at radius 2 is 2.29 bits per heavy atom. The van der Waals surface area contributed by atoms with Crippen molar-refractivity contribution in [2.75, 3.05) is 7.11 Å². The fourth-order valence-electron chi connectivity index (χ4n) is 2.24. The number of hydrogen-bond donors (Lipinski definition) is 2. The molecule has 5 heteroatoms. The van der Waals surface area contributed by atoms with Crippen molar-refractivity contribution < 1.29 is 13.9 Å². The van der Waals surface area contributed by atoms with Crippen LogP contribution in [-0.4, -0.2) is 25.1 Å². The van der Waals surface area contributed by atoms with Crippen LogP contribution in [0.1, 0.15) is 25.5 Å². The molecule has 0 spiro atoms. The first-order valence-corrected chi connectivity index (χ1v) is 7.26. The number of benzene rings is 1. The van der Waals surface area contributed by atoms with Crippen LogP contribution in [0, 0.1) is 0 Å². The third-order valence-electron chi connectivity index (χ3n) is 3.68. The van der Waals surface area contributed by atoms with Gasteiger partial charge >= 0.3 is 0 Å². The first-order chi connectivity index (χ1) is 10.2. The second-order valence-electron chi connectivity index (χ2n) is 5.48. The maximum absolute atomic E-state index is 11.9. The Hall–Kier alpha value is -2.01. The molecule has 21 heavy (non-hydrogen) atoms. The van der Waals surface area contributed by atoms with Gasteiger partial charge in [-0.2, -0.15) is 0 Å². The van der Waals surface area contributed by atoms with Crippen LogP contribution in [0.25, 0.3) is 11.0 Å². The summed E-state index contributed by atoms with van der Waals surface area (Å²) < 4.78 is 11.1. The van der Waals surface area contributed by atoms with E-state index in [1.54, 1.807) is 7.11 Å². The van der Waals surface area contributed by atoms with Crippen molar-refractivity contribution >= 4 is 16.9 Å². The maximum atomic E-state index is 11.9. The molecule has 2 aromatic rings. The third-order valence-corrected chi connectivity index (χ3v) is 3.68. The Morgan fingerprint density at radius 3 is 3.00 bits per heavy atom. The van der Waals surface area contributed by atoms with E-state index in [-0.39, 0.29) is 11.9 Å². The van der Waals surface area contributed by atoms with E-state index in [1.165, 1.54) is 0 Å². The first-order valence-electron chi connectivity index (χ1n) is 7.26. The highest BCUT2D eigenvalue weighted by atomic mass is 16.5. The van der Waals surface area contributed by atoms with Crippen LogP contribution in [0.5, 0.6) is 5.75 Å². The second kappa shape index (κ2) is 5.77. The van der Waals surface area contributed by atoms with Crippen LogP contribution in [0.3, 0.4) is 0 Å². The van der Waals surface area contributed by atoms with Crippen LogP contribution in [0.4, 0.5) is 0 Å². The minimum Gasteiger partial charge on any atom is -0.493 e. The Kier molecular flexibility index (Phi) is 3.84. The molecule has 1 heterocycles. The van der Waals surface area contributed by atoms with E-state index in [0.717, 1.165) is 35.3 Å². The van der Waals surface area contributed by atoms with E-state index in [1.807, 2.05) is 31.2 Å². The molecule has 1 unspecified atom stereocenters. The van der Waals surface area contributed by atoms with Crippen LogP contribution in [0.15, 0.2) is 28.7 Å². The molecule has 0 bridgehead atoms. The minimum absolute atomic E-state index is 0.0474. The van der Waals surface area contributed by atoms with Gasteiger partial charge in [0.25, 0.3) is 0 Å². The Balaban J connectivity index is 1.63. The van der Waals surface area contributed by atoms with Gasteiger partial charge in [-0.1, -0.05) is 12.1 Å². The van der Waals surface area contributed by atoms with Crippen molar-refractivity contribution in [1.82, 2.24) is 10.6 Å². The van der Waals surface area contributed by atoms with E-state index < -0.39 is 0 Å². The quantitative estimate of drug-likeness (QED) is 0.855. The number of amides is 1. The van der Waals surface area contributed by atoms with E-state index >= 15 is 0 Å². The molecule has 5 nitrogen and oxygen atoms in total. The number of fused-ring (bicyclic) bond motifs is 1. The molecule has 1 aromatic carbocycles. The number of para-hydroxylation sites is 1. The summed E-state index contributed by atoms with van der Waals surface area (Å²) in [5, 5.41) is 7.17. The molecule has 1 amide bonds. The van der Waals surface area contributed by atoms with Gasteiger partial charge in [-0.05, 0) is 31.9 Å². The average molecular weight is 288 g/mol. The van der Waals surface area contributed by atoms with Gasteiger partial charge < -0.3 is 14.5 Å². The van der Waals surface area contributed by atoms with Gasteiger partial charge in [-0.3, -0.25) is 10.1 Å². The van der Waals surface area contributed by atoms with E-state index in [9.17, 15) is 4.79 Å². The van der Waals surface area contributed by atoms with Crippen molar-refractivity contribution in [3.05, 3.63) is 30.0 Å². The molecule has 1 aromatic heterocycles. The summed E-state index contributed by atoms with van der Waals surface area (Å²) in [5.74, 6) is 1.56. The van der Waals surface area contributed by atoms with Crippen LogP contribution < -0.4 is 15.4 Å².